The molecule has 0 bridgehead atoms. The summed E-state index contributed by atoms with van der Waals surface area (Å²) in [6.07, 6.45) is 1.49. The minimum Gasteiger partial charge on any atom is -0.497 e. The summed E-state index contributed by atoms with van der Waals surface area (Å²) < 4.78 is 43.6. The van der Waals surface area contributed by atoms with E-state index in [9.17, 15) is 13.2 Å². The molecular weight excluding hydrogens is 466 g/mol. The Balaban J connectivity index is 1.92. The lowest BCUT2D eigenvalue weighted by Gasteiger charge is -2.24. The van der Waals surface area contributed by atoms with Gasteiger partial charge < -0.3 is 14.2 Å². The zero-order chi connectivity index (χ0) is 23.8. The van der Waals surface area contributed by atoms with E-state index in [1.165, 1.54) is 57.1 Å². The molecule has 1 N–H and O–H groups in total. The van der Waals surface area contributed by atoms with Gasteiger partial charge in [0, 0.05) is 10.9 Å². The van der Waals surface area contributed by atoms with Crippen molar-refractivity contribution in [2.45, 2.75) is 4.90 Å². The molecule has 3 rings (SSSR count). The van der Waals surface area contributed by atoms with E-state index in [2.05, 4.69) is 10.5 Å². The first kappa shape index (κ1) is 24.1. The summed E-state index contributed by atoms with van der Waals surface area (Å²) in [4.78, 5) is 13.4. The number of anilines is 1. The van der Waals surface area contributed by atoms with E-state index in [1.807, 2.05) is 17.5 Å². The van der Waals surface area contributed by atoms with Crippen molar-refractivity contribution in [1.29, 1.82) is 0 Å². The fourth-order valence-corrected chi connectivity index (χ4v) is 4.89. The minimum atomic E-state index is -4.15. The van der Waals surface area contributed by atoms with Crippen molar-refractivity contribution in [2.75, 3.05) is 32.2 Å². The number of benzene rings is 2. The van der Waals surface area contributed by atoms with Crippen molar-refractivity contribution >= 4 is 39.2 Å². The Morgan fingerprint density at radius 3 is 2.36 bits per heavy atom. The number of sulfonamides is 1. The van der Waals surface area contributed by atoms with E-state index in [-0.39, 0.29) is 16.3 Å². The molecule has 11 heteroatoms. The largest absolute Gasteiger partial charge is 0.497 e. The van der Waals surface area contributed by atoms with Crippen LogP contribution < -0.4 is 23.9 Å². The van der Waals surface area contributed by atoms with Gasteiger partial charge in [0.1, 0.15) is 12.3 Å². The maximum atomic E-state index is 13.5. The molecule has 1 heterocycles. The number of methoxy groups -OCH3 is 3. The topological polar surface area (TPSA) is 107 Å². The molecule has 0 saturated heterocycles. The molecule has 1 aromatic heterocycles. The Labute approximate surface area is 196 Å². The van der Waals surface area contributed by atoms with Crippen molar-refractivity contribution < 1.29 is 27.4 Å². The van der Waals surface area contributed by atoms with Crippen molar-refractivity contribution in [2.24, 2.45) is 5.10 Å². The van der Waals surface area contributed by atoms with E-state index in [0.29, 0.717) is 11.5 Å². The van der Waals surface area contributed by atoms with Crippen LogP contribution in [0.25, 0.3) is 0 Å². The maximum Gasteiger partial charge on any atom is 0.264 e. The second-order valence-electron chi connectivity index (χ2n) is 6.54. The van der Waals surface area contributed by atoms with Gasteiger partial charge in [0.25, 0.3) is 15.9 Å². The van der Waals surface area contributed by atoms with E-state index < -0.39 is 22.5 Å². The number of hydrazone groups is 1. The summed E-state index contributed by atoms with van der Waals surface area (Å²) >= 11 is 1.46. The monoisotopic (exact) mass is 489 g/mol. The van der Waals surface area contributed by atoms with Gasteiger partial charge >= 0.3 is 0 Å². The third-order valence-electron chi connectivity index (χ3n) is 4.51. The van der Waals surface area contributed by atoms with Crippen molar-refractivity contribution in [1.82, 2.24) is 5.43 Å². The van der Waals surface area contributed by atoms with Crippen LogP contribution in [0, 0.1) is 0 Å². The molecule has 0 atom stereocenters. The second-order valence-corrected chi connectivity index (χ2v) is 9.38. The molecule has 0 spiro atoms. The normalized spacial score (nSPS) is 11.2. The second kappa shape index (κ2) is 10.8. The molecular formula is C22H23N3O6S2. The van der Waals surface area contributed by atoms with Crippen molar-refractivity contribution in [3.8, 4) is 17.2 Å². The first-order valence-electron chi connectivity index (χ1n) is 9.63. The van der Waals surface area contributed by atoms with E-state index in [4.69, 9.17) is 14.2 Å². The first-order valence-corrected chi connectivity index (χ1v) is 11.9. The third-order valence-corrected chi connectivity index (χ3v) is 7.09. The molecule has 0 fully saturated rings. The summed E-state index contributed by atoms with van der Waals surface area (Å²) in [6, 6.07) is 14.2. The predicted molar refractivity (Wildman–Crippen MR) is 127 cm³/mol. The van der Waals surface area contributed by atoms with E-state index >= 15 is 0 Å². The molecule has 9 nitrogen and oxygen atoms in total. The molecule has 3 aromatic rings. The lowest BCUT2D eigenvalue weighted by atomic mass is 10.3. The highest BCUT2D eigenvalue weighted by molar-refractivity contribution is 7.92. The molecule has 0 unspecified atom stereocenters. The van der Waals surface area contributed by atoms with Crippen LogP contribution in [0.1, 0.15) is 4.88 Å². The Morgan fingerprint density at radius 1 is 1.03 bits per heavy atom. The van der Waals surface area contributed by atoms with Gasteiger partial charge in [0.15, 0.2) is 11.5 Å². The molecule has 0 radical (unpaired) electrons. The zero-order valence-corrected chi connectivity index (χ0v) is 19.9. The Morgan fingerprint density at radius 2 is 1.76 bits per heavy atom. The smallest absolute Gasteiger partial charge is 0.264 e. The lowest BCUT2D eigenvalue weighted by molar-refractivity contribution is -0.119. The highest BCUT2D eigenvalue weighted by atomic mass is 32.2. The summed E-state index contributed by atoms with van der Waals surface area (Å²) in [5.41, 5.74) is 2.65. The molecule has 174 valence electrons. The number of rotatable bonds is 10. The standard InChI is InChI=1S/C22H23N3O6S2/c1-29-17-8-6-16(7-9-17)25(15-22(26)24-23-14-18-5-4-12-32-18)33(27,28)19-10-11-20(30-2)21(13-19)31-3/h4-14H,15H2,1-3H3,(H,24,26)/b23-14-. The van der Waals surface area contributed by atoms with E-state index in [0.717, 1.165) is 9.18 Å². The van der Waals surface area contributed by atoms with Gasteiger partial charge in [-0.25, -0.2) is 13.8 Å². The molecule has 0 aliphatic rings. The molecule has 0 saturated carbocycles. The van der Waals surface area contributed by atoms with Gasteiger partial charge in [-0.15, -0.1) is 11.3 Å². The maximum absolute atomic E-state index is 13.5. The first-order chi connectivity index (χ1) is 15.9. The highest BCUT2D eigenvalue weighted by Gasteiger charge is 2.28. The Bertz CT molecular complexity index is 1210. The fraction of sp³-hybridized carbons (Fsp3) is 0.182. The van der Waals surface area contributed by atoms with Crippen molar-refractivity contribution in [3.05, 3.63) is 64.9 Å². The number of nitrogens with one attached hydrogen (secondary N) is 1. The number of amides is 1. The Hall–Kier alpha value is -3.57. The number of thiophene rings is 1. The molecule has 0 aliphatic heterocycles. The van der Waals surface area contributed by atoms with Gasteiger partial charge in [-0.1, -0.05) is 6.07 Å². The van der Waals surface area contributed by atoms with Gasteiger partial charge in [-0.05, 0) is 47.8 Å². The van der Waals surface area contributed by atoms with Crippen LogP contribution in [0.2, 0.25) is 0 Å². The van der Waals surface area contributed by atoms with Crippen LogP contribution in [-0.4, -0.2) is 48.4 Å². The lowest BCUT2D eigenvalue weighted by Crippen LogP contribution is -2.39. The molecule has 0 aliphatic carbocycles. The van der Waals surface area contributed by atoms with Crippen LogP contribution in [0.5, 0.6) is 17.2 Å². The van der Waals surface area contributed by atoms with Crippen molar-refractivity contribution in [3.63, 3.8) is 0 Å². The average molecular weight is 490 g/mol. The number of ether oxygens (including phenoxy) is 3. The molecule has 2 aromatic carbocycles. The molecule has 1 amide bonds. The van der Waals surface area contributed by atoms with Gasteiger partial charge in [-0.2, -0.15) is 5.10 Å². The van der Waals surface area contributed by atoms with Gasteiger partial charge in [-0.3, -0.25) is 9.10 Å². The third kappa shape index (κ3) is 5.82. The number of carbonyl (C=O) groups is 1. The average Bonchev–Trinajstić information content (AvgIpc) is 3.35. The minimum absolute atomic E-state index is 0.0640. The summed E-state index contributed by atoms with van der Waals surface area (Å²) in [6.45, 7) is -0.495. The quantitative estimate of drug-likeness (QED) is 0.346. The Kier molecular flexibility index (Phi) is 7.91. The van der Waals surface area contributed by atoms with Gasteiger partial charge in [0.05, 0.1) is 38.1 Å². The number of nitrogens with zero attached hydrogens (tertiary/aromatic N) is 2. The summed E-state index contributed by atoms with van der Waals surface area (Å²) in [7, 11) is 0.224. The SMILES string of the molecule is COc1ccc(N(CC(=O)N/N=C\c2cccs2)S(=O)(=O)c2ccc(OC)c(OC)c2)cc1. The van der Waals surface area contributed by atoms with Crippen LogP contribution in [-0.2, 0) is 14.8 Å². The summed E-state index contributed by atoms with van der Waals surface area (Å²) in [5, 5.41) is 5.78. The molecule has 33 heavy (non-hydrogen) atoms. The number of hydrogen-bond acceptors (Lipinski definition) is 8. The summed E-state index contributed by atoms with van der Waals surface area (Å²) in [5.74, 6) is 0.571. The van der Waals surface area contributed by atoms with E-state index in [1.54, 1.807) is 24.3 Å². The predicted octanol–water partition coefficient (Wildman–Crippen LogP) is 3.12. The van der Waals surface area contributed by atoms with Gasteiger partial charge in [0.2, 0.25) is 0 Å². The van der Waals surface area contributed by atoms with Crippen LogP contribution in [0.3, 0.4) is 0 Å². The van der Waals surface area contributed by atoms with Crippen LogP contribution in [0.15, 0.2) is 70.0 Å². The zero-order valence-electron chi connectivity index (χ0n) is 18.2. The fourth-order valence-electron chi connectivity index (χ4n) is 2.87. The highest BCUT2D eigenvalue weighted by Crippen LogP contribution is 2.32. The number of carbonyl (C=O) groups excluding carboxylic acids is 1. The van der Waals surface area contributed by atoms with Crippen LogP contribution >= 0.6 is 11.3 Å². The van der Waals surface area contributed by atoms with Crippen LogP contribution in [0.4, 0.5) is 5.69 Å². The number of hydrogen-bond donors (Lipinski definition) is 1.